The van der Waals surface area contributed by atoms with Crippen LogP contribution in [-0.2, 0) is 9.68 Å². The van der Waals surface area contributed by atoms with E-state index in [1.54, 1.807) is 24.3 Å². The predicted octanol–water partition coefficient (Wildman–Crippen LogP) is 3.08. The molecular weight excluding hydrogens is 352 g/mol. The Balaban J connectivity index is 1.55. The summed E-state index contributed by atoms with van der Waals surface area (Å²) in [7, 11) is 0. The van der Waals surface area contributed by atoms with E-state index in [1.807, 2.05) is 0 Å². The maximum atomic E-state index is 9.59. The molecule has 0 bridgehead atoms. The van der Waals surface area contributed by atoms with E-state index in [0.29, 0.717) is 24.3 Å². The molecule has 0 saturated heterocycles. The first-order chi connectivity index (χ1) is 13.1. The highest BCUT2D eigenvalue weighted by molar-refractivity contribution is 5.84. The van der Waals surface area contributed by atoms with Crippen molar-refractivity contribution in [2.24, 2.45) is 10.3 Å². The summed E-state index contributed by atoms with van der Waals surface area (Å²) in [5, 5.41) is 45.4. The van der Waals surface area contributed by atoms with E-state index in [-0.39, 0.29) is 23.0 Å². The Hall–Kier alpha value is -3.42. The van der Waals surface area contributed by atoms with E-state index in [9.17, 15) is 20.4 Å². The predicted molar refractivity (Wildman–Crippen MR) is 100 cm³/mol. The molecule has 0 aliphatic carbocycles. The van der Waals surface area contributed by atoms with Crippen molar-refractivity contribution in [3.63, 3.8) is 0 Å². The van der Waals surface area contributed by atoms with Crippen molar-refractivity contribution in [2.45, 2.75) is 19.3 Å². The van der Waals surface area contributed by atoms with E-state index in [4.69, 9.17) is 9.68 Å². The van der Waals surface area contributed by atoms with E-state index >= 15 is 0 Å². The third-order valence-corrected chi connectivity index (χ3v) is 3.60. The second-order valence-corrected chi connectivity index (χ2v) is 5.63. The number of hydrogen-bond donors (Lipinski definition) is 4. The molecule has 2 rings (SSSR count). The molecule has 2 aromatic rings. The maximum absolute atomic E-state index is 9.59. The van der Waals surface area contributed by atoms with Crippen LogP contribution in [0.3, 0.4) is 0 Å². The van der Waals surface area contributed by atoms with E-state index < -0.39 is 0 Å². The molecule has 0 fully saturated rings. The van der Waals surface area contributed by atoms with E-state index in [1.165, 1.54) is 24.6 Å². The van der Waals surface area contributed by atoms with Gasteiger partial charge in [0.15, 0.2) is 23.0 Å². The Bertz CT molecular complexity index is 726. The summed E-state index contributed by atoms with van der Waals surface area (Å²) < 4.78 is 0. The number of nitrogens with zero attached hydrogens (tertiary/aromatic N) is 2. The molecule has 0 aliphatic heterocycles. The van der Waals surface area contributed by atoms with Crippen molar-refractivity contribution in [1.29, 1.82) is 0 Å². The van der Waals surface area contributed by atoms with Gasteiger partial charge in [-0.1, -0.05) is 22.4 Å². The lowest BCUT2D eigenvalue weighted by Crippen LogP contribution is -1.93. The number of aromatic hydroxyl groups is 4. The zero-order valence-electron chi connectivity index (χ0n) is 14.7. The number of unbranched alkanes of at least 4 members (excludes halogenated alkanes) is 2. The second kappa shape index (κ2) is 10.5. The molecule has 0 heterocycles. The number of rotatable bonds is 10. The molecule has 0 aromatic heterocycles. The van der Waals surface area contributed by atoms with Gasteiger partial charge < -0.3 is 30.1 Å². The zero-order valence-corrected chi connectivity index (χ0v) is 14.7. The summed E-state index contributed by atoms with van der Waals surface area (Å²) in [5.41, 5.74) is 0.748. The quantitative estimate of drug-likeness (QED) is 0.219. The van der Waals surface area contributed by atoms with Crippen molar-refractivity contribution in [3.8, 4) is 23.0 Å². The number of para-hydroxylation sites is 2. The highest BCUT2D eigenvalue weighted by atomic mass is 16.6. The van der Waals surface area contributed by atoms with Crippen LogP contribution in [0.1, 0.15) is 30.4 Å². The van der Waals surface area contributed by atoms with Crippen LogP contribution in [0.5, 0.6) is 23.0 Å². The second-order valence-electron chi connectivity index (χ2n) is 5.63. The first-order valence-electron chi connectivity index (χ1n) is 8.42. The Kier molecular flexibility index (Phi) is 7.77. The first kappa shape index (κ1) is 19.9. The lowest BCUT2D eigenvalue weighted by Gasteiger charge is -2.02. The molecule has 0 spiro atoms. The normalized spacial score (nSPS) is 11.3. The maximum Gasteiger partial charge on any atom is 0.166 e. The van der Waals surface area contributed by atoms with Crippen molar-refractivity contribution in [3.05, 3.63) is 47.5 Å². The van der Waals surface area contributed by atoms with Gasteiger partial charge in [0, 0.05) is 11.1 Å². The fourth-order valence-electron chi connectivity index (χ4n) is 2.11. The number of benzene rings is 2. The van der Waals surface area contributed by atoms with Gasteiger partial charge in [-0.2, -0.15) is 0 Å². The third-order valence-electron chi connectivity index (χ3n) is 3.60. The van der Waals surface area contributed by atoms with Crippen LogP contribution < -0.4 is 0 Å². The first-order valence-corrected chi connectivity index (χ1v) is 8.42. The van der Waals surface area contributed by atoms with Crippen LogP contribution in [0.4, 0.5) is 0 Å². The molecule has 0 aliphatic rings. The van der Waals surface area contributed by atoms with Gasteiger partial charge in [-0.25, -0.2) is 0 Å². The fraction of sp³-hybridized carbons (Fsp3) is 0.263. The Morgan fingerprint density at radius 1 is 0.667 bits per heavy atom. The van der Waals surface area contributed by atoms with Crippen molar-refractivity contribution in [2.75, 3.05) is 13.2 Å². The minimum Gasteiger partial charge on any atom is -0.504 e. The molecule has 0 amide bonds. The molecule has 4 N–H and O–H groups in total. The van der Waals surface area contributed by atoms with Gasteiger partial charge in [-0.05, 0) is 43.5 Å². The summed E-state index contributed by atoms with van der Waals surface area (Å²) in [5.74, 6) is -0.884. The van der Waals surface area contributed by atoms with Gasteiger partial charge in [0.05, 0.1) is 12.4 Å². The SMILES string of the molecule is Oc1cccc(C=NOCCCCCON=Cc2cccc(O)c2O)c1O. The molecule has 144 valence electrons. The fourth-order valence-corrected chi connectivity index (χ4v) is 2.11. The number of phenolic OH excluding ortho intramolecular Hbond substituents is 4. The highest BCUT2D eigenvalue weighted by Gasteiger charge is 2.03. The van der Waals surface area contributed by atoms with Crippen LogP contribution in [0.2, 0.25) is 0 Å². The molecule has 0 radical (unpaired) electrons. The summed E-state index contributed by atoms with van der Waals surface area (Å²) in [6.07, 6.45) is 5.06. The van der Waals surface area contributed by atoms with Gasteiger partial charge in [-0.15, -0.1) is 0 Å². The number of oxime groups is 2. The van der Waals surface area contributed by atoms with Crippen LogP contribution in [0, 0.1) is 0 Å². The van der Waals surface area contributed by atoms with Gasteiger partial charge >= 0.3 is 0 Å². The van der Waals surface area contributed by atoms with Gasteiger partial charge in [-0.3, -0.25) is 0 Å². The topological polar surface area (TPSA) is 124 Å². The highest BCUT2D eigenvalue weighted by Crippen LogP contribution is 2.27. The Morgan fingerprint density at radius 2 is 1.11 bits per heavy atom. The minimum atomic E-state index is -0.235. The van der Waals surface area contributed by atoms with Gasteiger partial charge in [0.25, 0.3) is 0 Å². The molecule has 0 unspecified atom stereocenters. The molecule has 2 aromatic carbocycles. The number of phenols is 4. The lowest BCUT2D eigenvalue weighted by atomic mass is 10.2. The summed E-state index contributed by atoms with van der Waals surface area (Å²) in [6, 6.07) is 9.17. The smallest absolute Gasteiger partial charge is 0.166 e. The Labute approximate surface area is 156 Å². The standard InChI is InChI=1S/C19H22N2O6/c22-16-8-4-6-14(18(16)24)12-20-26-10-2-1-3-11-27-21-13-15-7-5-9-17(23)19(15)25/h4-9,12-13,22-25H,1-3,10-11H2. The van der Waals surface area contributed by atoms with Crippen molar-refractivity contribution < 1.29 is 30.1 Å². The third kappa shape index (κ3) is 6.43. The molecule has 0 atom stereocenters. The Morgan fingerprint density at radius 3 is 1.56 bits per heavy atom. The molecule has 0 saturated carbocycles. The van der Waals surface area contributed by atoms with E-state index in [0.717, 1.165) is 19.3 Å². The zero-order chi connectivity index (χ0) is 19.5. The van der Waals surface area contributed by atoms with Crippen molar-refractivity contribution >= 4 is 12.4 Å². The molecule has 8 heteroatoms. The molecule has 8 nitrogen and oxygen atoms in total. The monoisotopic (exact) mass is 374 g/mol. The number of hydrogen-bond acceptors (Lipinski definition) is 8. The van der Waals surface area contributed by atoms with Crippen LogP contribution in [-0.4, -0.2) is 46.1 Å². The van der Waals surface area contributed by atoms with E-state index in [2.05, 4.69) is 10.3 Å². The van der Waals surface area contributed by atoms with Crippen LogP contribution in [0.15, 0.2) is 46.7 Å². The summed E-state index contributed by atoms with van der Waals surface area (Å²) >= 11 is 0. The largest absolute Gasteiger partial charge is 0.504 e. The lowest BCUT2D eigenvalue weighted by molar-refractivity contribution is 0.125. The average Bonchev–Trinajstić information content (AvgIpc) is 2.66. The molecule has 27 heavy (non-hydrogen) atoms. The minimum absolute atomic E-state index is 0.208. The van der Waals surface area contributed by atoms with Gasteiger partial charge in [0.2, 0.25) is 0 Å². The summed E-state index contributed by atoms with van der Waals surface area (Å²) in [6.45, 7) is 0.826. The average molecular weight is 374 g/mol. The van der Waals surface area contributed by atoms with Gasteiger partial charge in [0.1, 0.15) is 13.2 Å². The van der Waals surface area contributed by atoms with Crippen LogP contribution >= 0.6 is 0 Å². The van der Waals surface area contributed by atoms with Crippen LogP contribution in [0.25, 0.3) is 0 Å². The summed E-state index contributed by atoms with van der Waals surface area (Å²) in [4.78, 5) is 10.2. The molecular formula is C19H22N2O6. The van der Waals surface area contributed by atoms with Crippen molar-refractivity contribution in [1.82, 2.24) is 0 Å².